The van der Waals surface area contributed by atoms with Gasteiger partial charge in [-0.1, -0.05) is 12.8 Å². The lowest BCUT2D eigenvalue weighted by atomic mass is 10.1. The predicted octanol–water partition coefficient (Wildman–Crippen LogP) is 2.46. The normalized spacial score (nSPS) is 10.3. The molecular weight excluding hydrogens is 306 g/mol. The Bertz CT molecular complexity index is 543. The number of carbonyl (C=O) groups is 1. The number of benzene rings is 1. The second-order valence-corrected chi connectivity index (χ2v) is 4.90. The molecule has 0 spiro atoms. The van der Waals surface area contributed by atoms with Gasteiger partial charge < -0.3 is 10.5 Å². The van der Waals surface area contributed by atoms with E-state index in [1.807, 2.05) is 0 Å². The van der Waals surface area contributed by atoms with Crippen LogP contribution in [0.1, 0.15) is 37.7 Å². The minimum absolute atomic E-state index is 0.166. The Morgan fingerprint density at radius 3 is 2.13 bits per heavy atom. The van der Waals surface area contributed by atoms with Crippen LogP contribution in [-0.2, 0) is 16.1 Å². The van der Waals surface area contributed by atoms with Crippen LogP contribution in [0.25, 0.3) is 0 Å². The zero-order valence-electron chi connectivity index (χ0n) is 12.6. The van der Waals surface area contributed by atoms with Crippen molar-refractivity contribution < 1.29 is 19.4 Å². The van der Waals surface area contributed by atoms with Gasteiger partial charge in [0.1, 0.15) is 12.2 Å². The van der Waals surface area contributed by atoms with Crippen molar-refractivity contribution in [3.63, 3.8) is 0 Å². The van der Waals surface area contributed by atoms with E-state index in [4.69, 9.17) is 10.5 Å². The highest BCUT2D eigenvalue weighted by atomic mass is 16.6. The topological polar surface area (TPSA) is 139 Å². The number of nitro groups is 2. The quantitative estimate of drug-likeness (QED) is 0.301. The first-order valence-corrected chi connectivity index (χ1v) is 7.23. The number of nitrogens with zero attached hydrogens (tertiary/aromatic N) is 2. The fourth-order valence-electron chi connectivity index (χ4n) is 2.04. The molecule has 0 bridgehead atoms. The van der Waals surface area contributed by atoms with E-state index in [1.165, 1.54) is 6.07 Å². The molecule has 1 aromatic carbocycles. The third-order valence-corrected chi connectivity index (χ3v) is 3.23. The van der Waals surface area contributed by atoms with Crippen LogP contribution in [0.3, 0.4) is 0 Å². The highest BCUT2D eigenvalue weighted by molar-refractivity contribution is 5.69. The minimum atomic E-state index is -0.733. The monoisotopic (exact) mass is 325 g/mol. The van der Waals surface area contributed by atoms with Gasteiger partial charge in [-0.25, -0.2) is 0 Å². The molecule has 0 heterocycles. The molecule has 9 nitrogen and oxygen atoms in total. The first-order valence-electron chi connectivity index (χ1n) is 7.23. The van der Waals surface area contributed by atoms with E-state index < -0.39 is 33.8 Å². The Hall–Kier alpha value is -2.55. The van der Waals surface area contributed by atoms with Crippen LogP contribution in [0.15, 0.2) is 18.2 Å². The van der Waals surface area contributed by atoms with Crippen molar-refractivity contribution in [2.45, 2.75) is 38.7 Å². The summed E-state index contributed by atoms with van der Waals surface area (Å²) >= 11 is 0. The lowest BCUT2D eigenvalue weighted by Crippen LogP contribution is -2.08. The van der Waals surface area contributed by atoms with Gasteiger partial charge in [-0.15, -0.1) is 0 Å². The van der Waals surface area contributed by atoms with Gasteiger partial charge in [0.05, 0.1) is 9.85 Å². The molecule has 0 unspecified atom stereocenters. The number of ether oxygens (including phenoxy) is 1. The number of unbranched alkanes of at least 4 members (excludes halogenated alkanes) is 3. The largest absolute Gasteiger partial charge is 0.460 e. The van der Waals surface area contributed by atoms with Crippen molar-refractivity contribution in [3.05, 3.63) is 44.0 Å². The number of hydrogen-bond acceptors (Lipinski definition) is 7. The van der Waals surface area contributed by atoms with Gasteiger partial charge in [0.15, 0.2) is 0 Å². The molecular formula is C14H19N3O6. The molecule has 0 fully saturated rings. The second-order valence-electron chi connectivity index (χ2n) is 4.90. The Labute approximate surface area is 132 Å². The molecule has 0 aliphatic rings. The van der Waals surface area contributed by atoms with Gasteiger partial charge >= 0.3 is 5.97 Å². The van der Waals surface area contributed by atoms with Crippen LogP contribution >= 0.6 is 0 Å². The van der Waals surface area contributed by atoms with E-state index in [9.17, 15) is 25.0 Å². The molecule has 9 heteroatoms. The van der Waals surface area contributed by atoms with E-state index in [2.05, 4.69) is 0 Å². The minimum Gasteiger partial charge on any atom is -0.460 e. The maximum Gasteiger partial charge on any atom is 0.306 e. The average Bonchev–Trinajstić information content (AvgIpc) is 2.52. The summed E-state index contributed by atoms with van der Waals surface area (Å²) in [6.45, 7) is 0.112. The molecule has 0 aliphatic heterocycles. The molecule has 126 valence electrons. The summed E-state index contributed by atoms with van der Waals surface area (Å²) in [6, 6.07) is 3.50. The van der Waals surface area contributed by atoms with Gasteiger partial charge in [-0.3, -0.25) is 25.0 Å². The first-order chi connectivity index (χ1) is 11.0. The summed E-state index contributed by atoms with van der Waals surface area (Å²) in [7, 11) is 0. The highest BCUT2D eigenvalue weighted by Crippen LogP contribution is 2.28. The number of carbonyl (C=O) groups excluding carboxylic acids is 1. The third-order valence-electron chi connectivity index (χ3n) is 3.23. The molecule has 0 atom stereocenters. The average molecular weight is 325 g/mol. The first kappa shape index (κ1) is 18.5. The molecule has 0 amide bonds. The van der Waals surface area contributed by atoms with E-state index in [1.54, 1.807) is 0 Å². The summed E-state index contributed by atoms with van der Waals surface area (Å²) in [5.41, 5.74) is 4.28. The van der Waals surface area contributed by atoms with Crippen molar-refractivity contribution >= 4 is 17.3 Å². The van der Waals surface area contributed by atoms with E-state index in [0.29, 0.717) is 13.0 Å². The molecule has 0 radical (unpaired) electrons. The van der Waals surface area contributed by atoms with Crippen LogP contribution in [-0.4, -0.2) is 22.4 Å². The Balaban J connectivity index is 2.64. The maximum atomic E-state index is 11.6. The fourth-order valence-corrected chi connectivity index (χ4v) is 2.04. The predicted molar refractivity (Wildman–Crippen MR) is 81.7 cm³/mol. The van der Waals surface area contributed by atoms with Crippen molar-refractivity contribution in [2.75, 3.05) is 6.54 Å². The van der Waals surface area contributed by atoms with E-state index in [0.717, 1.165) is 31.4 Å². The van der Waals surface area contributed by atoms with Crippen LogP contribution in [0.5, 0.6) is 0 Å². The van der Waals surface area contributed by atoms with Crippen molar-refractivity contribution in [1.82, 2.24) is 0 Å². The van der Waals surface area contributed by atoms with Crippen molar-refractivity contribution in [3.8, 4) is 0 Å². The molecule has 0 aromatic heterocycles. The number of hydrogen-bond donors (Lipinski definition) is 1. The number of esters is 1. The van der Waals surface area contributed by atoms with Crippen LogP contribution < -0.4 is 5.73 Å². The molecule has 0 saturated carbocycles. The van der Waals surface area contributed by atoms with Crippen LogP contribution in [0, 0.1) is 20.2 Å². The molecule has 0 aliphatic carbocycles. The standard InChI is InChI=1S/C14H19N3O6/c15-9-4-2-1-3-8-14(18)23-10-11-12(16(19)20)6-5-7-13(11)17(21)22/h5-7H,1-4,8-10,15H2. The lowest BCUT2D eigenvalue weighted by Gasteiger charge is -2.06. The van der Waals surface area contributed by atoms with Crippen molar-refractivity contribution in [1.29, 1.82) is 0 Å². The zero-order valence-corrected chi connectivity index (χ0v) is 12.6. The summed E-state index contributed by atoms with van der Waals surface area (Å²) in [6.07, 6.45) is 3.42. The summed E-state index contributed by atoms with van der Waals surface area (Å²) in [5, 5.41) is 21.9. The third kappa shape index (κ3) is 5.99. The Morgan fingerprint density at radius 2 is 1.61 bits per heavy atom. The highest BCUT2D eigenvalue weighted by Gasteiger charge is 2.25. The molecule has 0 saturated heterocycles. The molecule has 2 N–H and O–H groups in total. The maximum absolute atomic E-state index is 11.6. The Morgan fingerprint density at radius 1 is 1.04 bits per heavy atom. The van der Waals surface area contributed by atoms with Gasteiger partial charge in [0.2, 0.25) is 0 Å². The molecule has 1 rings (SSSR count). The van der Waals surface area contributed by atoms with Crippen molar-refractivity contribution in [2.24, 2.45) is 5.73 Å². The number of rotatable bonds is 10. The van der Waals surface area contributed by atoms with E-state index >= 15 is 0 Å². The summed E-state index contributed by atoms with van der Waals surface area (Å²) < 4.78 is 4.94. The van der Waals surface area contributed by atoms with E-state index in [-0.39, 0.29) is 12.0 Å². The SMILES string of the molecule is NCCCCCCC(=O)OCc1c([N+](=O)[O-])cccc1[N+](=O)[O-]. The summed E-state index contributed by atoms with van der Waals surface area (Å²) in [4.78, 5) is 32.1. The smallest absolute Gasteiger partial charge is 0.306 e. The van der Waals surface area contributed by atoms with Gasteiger partial charge in [0.25, 0.3) is 11.4 Å². The molecule has 23 heavy (non-hydrogen) atoms. The van der Waals surface area contributed by atoms with Crippen LogP contribution in [0.4, 0.5) is 11.4 Å². The second kappa shape index (κ2) is 9.46. The van der Waals surface area contributed by atoms with Gasteiger partial charge in [-0.2, -0.15) is 0 Å². The van der Waals surface area contributed by atoms with Crippen LogP contribution in [0.2, 0.25) is 0 Å². The lowest BCUT2D eigenvalue weighted by molar-refractivity contribution is -0.396. The summed E-state index contributed by atoms with van der Waals surface area (Å²) in [5.74, 6) is -0.537. The number of nitrogens with two attached hydrogens (primary N) is 1. The Kier molecular flexibility index (Phi) is 7.61. The zero-order chi connectivity index (χ0) is 17.2. The van der Waals surface area contributed by atoms with Gasteiger partial charge in [0, 0.05) is 18.6 Å². The van der Waals surface area contributed by atoms with Gasteiger partial charge in [-0.05, 0) is 25.5 Å². The molecule has 1 aromatic rings. The fraction of sp³-hybridized carbons (Fsp3) is 0.500. The number of nitro benzene ring substituents is 2.